The molecule has 0 radical (unpaired) electrons. The molecule has 0 bridgehead atoms. The lowest BCUT2D eigenvalue weighted by Gasteiger charge is -2.24. The molecule has 1 heterocycles. The number of primary amides is 1. The molecule has 0 aliphatic heterocycles. The Morgan fingerprint density at radius 3 is 2.39 bits per heavy atom. The van der Waals surface area contributed by atoms with Crippen molar-refractivity contribution in [3.05, 3.63) is 59.2 Å². The quantitative estimate of drug-likeness (QED) is 0.510. The smallest absolute Gasteiger partial charge is 0.337 e. The van der Waals surface area contributed by atoms with Crippen molar-refractivity contribution in [1.29, 1.82) is 0 Å². The average molecular weight is 461 g/mol. The fourth-order valence-corrected chi connectivity index (χ4v) is 6.41. The summed E-state index contributed by atoms with van der Waals surface area (Å²) in [4.78, 5) is 23.7. The van der Waals surface area contributed by atoms with Crippen molar-refractivity contribution in [3.63, 3.8) is 0 Å². The fraction of sp³-hybridized carbons (Fsp3) is 0.273. The minimum absolute atomic E-state index is 0.0724. The van der Waals surface area contributed by atoms with Gasteiger partial charge in [0, 0.05) is 22.2 Å². The zero-order valence-corrected chi connectivity index (χ0v) is 19.2. The van der Waals surface area contributed by atoms with Crippen LogP contribution in [0.2, 0.25) is 0 Å². The number of ether oxygens (including phenoxy) is 1. The number of hydrogen-bond acceptors (Lipinski definition) is 6. The van der Waals surface area contributed by atoms with Gasteiger partial charge >= 0.3 is 5.97 Å². The summed E-state index contributed by atoms with van der Waals surface area (Å²) in [7, 11) is -2.64. The SMILES string of the molecule is CCCCN(c1sc2cccc(C(N)=O)c2c1C)S(=O)(=O)c1ccc(C(=O)OC)cc1. The molecule has 0 unspecified atom stereocenters. The van der Waals surface area contributed by atoms with E-state index in [-0.39, 0.29) is 17.0 Å². The number of benzene rings is 2. The lowest BCUT2D eigenvalue weighted by Crippen LogP contribution is -2.32. The molecular formula is C22H24N2O5S2. The number of unbranched alkanes of at least 4 members (excludes halogenated alkanes) is 1. The van der Waals surface area contributed by atoms with Gasteiger partial charge in [-0.2, -0.15) is 0 Å². The summed E-state index contributed by atoms with van der Waals surface area (Å²) in [5.74, 6) is -1.09. The van der Waals surface area contributed by atoms with Crippen molar-refractivity contribution >= 4 is 48.3 Å². The van der Waals surface area contributed by atoms with E-state index in [4.69, 9.17) is 5.73 Å². The molecule has 1 aromatic heterocycles. The Bertz CT molecular complexity index is 1230. The Kier molecular flexibility index (Phi) is 6.66. The van der Waals surface area contributed by atoms with Crippen LogP contribution in [-0.2, 0) is 14.8 Å². The maximum absolute atomic E-state index is 13.6. The minimum Gasteiger partial charge on any atom is -0.465 e. The Labute approximate surface area is 185 Å². The summed E-state index contributed by atoms with van der Waals surface area (Å²) in [6.07, 6.45) is 1.47. The van der Waals surface area contributed by atoms with Crippen molar-refractivity contribution in [2.24, 2.45) is 5.73 Å². The number of nitrogens with zero attached hydrogens (tertiary/aromatic N) is 1. The van der Waals surface area contributed by atoms with Gasteiger partial charge in [0.05, 0.1) is 17.6 Å². The van der Waals surface area contributed by atoms with Crippen LogP contribution in [0.5, 0.6) is 0 Å². The van der Waals surface area contributed by atoms with E-state index in [1.54, 1.807) is 19.1 Å². The van der Waals surface area contributed by atoms with E-state index in [0.717, 1.165) is 11.1 Å². The number of esters is 1. The van der Waals surface area contributed by atoms with E-state index < -0.39 is 21.9 Å². The number of rotatable bonds is 8. The average Bonchev–Trinajstić information content (AvgIpc) is 3.09. The third-order valence-electron chi connectivity index (χ3n) is 5.00. The molecule has 3 aromatic rings. The summed E-state index contributed by atoms with van der Waals surface area (Å²) >= 11 is 1.31. The molecule has 0 atom stereocenters. The summed E-state index contributed by atoms with van der Waals surface area (Å²) in [6, 6.07) is 10.9. The molecule has 0 spiro atoms. The number of anilines is 1. The zero-order valence-electron chi connectivity index (χ0n) is 17.5. The second-order valence-electron chi connectivity index (χ2n) is 7.02. The fourth-order valence-electron chi connectivity index (χ4n) is 3.37. The molecule has 0 saturated carbocycles. The van der Waals surface area contributed by atoms with Crippen LogP contribution in [-0.4, -0.2) is 33.9 Å². The molecule has 31 heavy (non-hydrogen) atoms. The summed E-state index contributed by atoms with van der Waals surface area (Å²) in [5, 5.41) is 1.22. The van der Waals surface area contributed by atoms with Gasteiger partial charge in [0.15, 0.2) is 0 Å². The van der Waals surface area contributed by atoms with Gasteiger partial charge in [-0.25, -0.2) is 13.2 Å². The Balaban J connectivity index is 2.14. The molecule has 0 saturated heterocycles. The number of sulfonamides is 1. The lowest BCUT2D eigenvalue weighted by molar-refractivity contribution is 0.0600. The Morgan fingerprint density at radius 2 is 1.81 bits per heavy atom. The summed E-state index contributed by atoms with van der Waals surface area (Å²) in [6.45, 7) is 4.07. The van der Waals surface area contributed by atoms with Crippen molar-refractivity contribution in [2.45, 2.75) is 31.6 Å². The van der Waals surface area contributed by atoms with Crippen molar-refractivity contribution in [3.8, 4) is 0 Å². The molecule has 0 aliphatic carbocycles. The minimum atomic E-state index is -3.90. The number of carbonyl (C=O) groups is 2. The van der Waals surface area contributed by atoms with Crippen LogP contribution in [0.3, 0.4) is 0 Å². The van der Waals surface area contributed by atoms with E-state index in [1.165, 1.54) is 47.0 Å². The van der Waals surface area contributed by atoms with Crippen molar-refractivity contribution in [1.82, 2.24) is 0 Å². The molecular weight excluding hydrogens is 436 g/mol. The predicted molar refractivity (Wildman–Crippen MR) is 122 cm³/mol. The standard InChI is InChI=1S/C22H24N2O5S2/c1-4-5-13-24(31(27,28)16-11-9-15(10-12-16)22(26)29-3)21-14(2)19-17(20(23)25)7-6-8-18(19)30-21/h6-12H,4-5,13H2,1-3H3,(H2,23,25). The second kappa shape index (κ2) is 9.07. The summed E-state index contributed by atoms with van der Waals surface area (Å²) < 4.78 is 34.0. The number of methoxy groups -OCH3 is 1. The van der Waals surface area contributed by atoms with Crippen LogP contribution in [0.25, 0.3) is 10.1 Å². The third kappa shape index (κ3) is 4.28. The lowest BCUT2D eigenvalue weighted by atomic mass is 10.1. The number of amides is 1. The van der Waals surface area contributed by atoms with Crippen LogP contribution in [0.15, 0.2) is 47.4 Å². The van der Waals surface area contributed by atoms with Crippen molar-refractivity contribution < 1.29 is 22.7 Å². The first-order valence-corrected chi connectivity index (χ1v) is 12.0. The number of hydrogen-bond donors (Lipinski definition) is 1. The Morgan fingerprint density at radius 1 is 1.13 bits per heavy atom. The highest BCUT2D eigenvalue weighted by molar-refractivity contribution is 7.93. The number of nitrogens with two attached hydrogens (primary N) is 1. The first-order valence-electron chi connectivity index (χ1n) is 9.75. The highest BCUT2D eigenvalue weighted by Gasteiger charge is 2.29. The van der Waals surface area contributed by atoms with Gasteiger partial charge in [0.1, 0.15) is 5.00 Å². The highest BCUT2D eigenvalue weighted by Crippen LogP contribution is 2.41. The number of carbonyl (C=O) groups excluding carboxylic acids is 2. The molecule has 1 amide bonds. The monoisotopic (exact) mass is 460 g/mol. The van der Waals surface area contributed by atoms with E-state index in [1.807, 2.05) is 13.0 Å². The molecule has 0 fully saturated rings. The van der Waals surface area contributed by atoms with Gasteiger partial charge in [-0.05, 0) is 55.3 Å². The van der Waals surface area contributed by atoms with E-state index >= 15 is 0 Å². The van der Waals surface area contributed by atoms with Crippen LogP contribution in [0, 0.1) is 6.92 Å². The van der Waals surface area contributed by atoms with Gasteiger partial charge in [-0.1, -0.05) is 19.4 Å². The van der Waals surface area contributed by atoms with Gasteiger partial charge in [-0.15, -0.1) is 11.3 Å². The summed E-state index contributed by atoms with van der Waals surface area (Å²) in [5.41, 5.74) is 6.87. The molecule has 2 N–H and O–H groups in total. The molecule has 9 heteroatoms. The topological polar surface area (TPSA) is 107 Å². The number of aryl methyl sites for hydroxylation is 1. The van der Waals surface area contributed by atoms with Gasteiger partial charge < -0.3 is 10.5 Å². The number of thiophene rings is 1. The van der Waals surface area contributed by atoms with Crippen molar-refractivity contribution in [2.75, 3.05) is 18.0 Å². The van der Waals surface area contributed by atoms with Crippen LogP contribution >= 0.6 is 11.3 Å². The van der Waals surface area contributed by atoms with Crippen LogP contribution in [0.4, 0.5) is 5.00 Å². The highest BCUT2D eigenvalue weighted by atomic mass is 32.2. The molecule has 3 rings (SSSR count). The largest absolute Gasteiger partial charge is 0.465 e. The van der Waals surface area contributed by atoms with E-state index in [2.05, 4.69) is 4.74 Å². The second-order valence-corrected chi connectivity index (χ2v) is 9.91. The first-order chi connectivity index (χ1) is 14.7. The van der Waals surface area contributed by atoms with Crippen LogP contribution < -0.4 is 10.0 Å². The number of fused-ring (bicyclic) bond motifs is 1. The van der Waals surface area contributed by atoms with Gasteiger partial charge in [0.25, 0.3) is 10.0 Å². The first kappa shape index (κ1) is 22.8. The molecule has 7 nitrogen and oxygen atoms in total. The molecule has 164 valence electrons. The maximum Gasteiger partial charge on any atom is 0.337 e. The third-order valence-corrected chi connectivity index (χ3v) is 8.21. The molecule has 2 aromatic carbocycles. The van der Waals surface area contributed by atoms with Gasteiger partial charge in [-0.3, -0.25) is 9.10 Å². The normalized spacial score (nSPS) is 11.5. The zero-order chi connectivity index (χ0) is 22.8. The maximum atomic E-state index is 13.6. The van der Waals surface area contributed by atoms with E-state index in [0.29, 0.717) is 27.9 Å². The molecule has 0 aliphatic rings. The Hall–Kier alpha value is -2.91. The predicted octanol–water partition coefficient (Wildman–Crippen LogP) is 4.09. The van der Waals surface area contributed by atoms with Crippen LogP contribution in [0.1, 0.15) is 46.0 Å². The van der Waals surface area contributed by atoms with Gasteiger partial charge in [0.2, 0.25) is 5.91 Å². The van der Waals surface area contributed by atoms with E-state index in [9.17, 15) is 18.0 Å².